The van der Waals surface area contributed by atoms with Gasteiger partial charge in [-0.05, 0) is 59.0 Å². The van der Waals surface area contributed by atoms with Crippen LogP contribution >= 0.6 is 0 Å². The second-order valence-corrected chi connectivity index (χ2v) is 9.49. The van der Waals surface area contributed by atoms with Crippen LogP contribution in [0.2, 0.25) is 0 Å². The molecule has 3 rings (SSSR count). The summed E-state index contributed by atoms with van der Waals surface area (Å²) < 4.78 is 42.9. The molecule has 0 bridgehead atoms. The summed E-state index contributed by atoms with van der Waals surface area (Å²) in [6.07, 6.45) is -1.84. The van der Waals surface area contributed by atoms with Crippen molar-refractivity contribution in [1.82, 2.24) is 20.0 Å². The molecule has 0 aromatic heterocycles. The van der Waals surface area contributed by atoms with Gasteiger partial charge in [-0.2, -0.15) is 13.2 Å². The van der Waals surface area contributed by atoms with Gasteiger partial charge in [0.1, 0.15) is 5.60 Å². The number of likely N-dealkylation sites (tertiary alicyclic amines) is 1. The molecule has 2 fully saturated rings. The number of amides is 1. The topological polar surface area (TPSA) is 60.4 Å². The summed E-state index contributed by atoms with van der Waals surface area (Å²) in [4.78, 5) is 22.4. The normalized spacial score (nSPS) is 23.9. The van der Waals surface area contributed by atoms with Gasteiger partial charge >= 0.3 is 12.3 Å². The molecule has 10 heteroatoms. The summed E-state index contributed by atoms with van der Waals surface area (Å²) in [5.41, 5.74) is -0.504. The van der Waals surface area contributed by atoms with Crippen molar-refractivity contribution in [3.05, 3.63) is 0 Å². The molecule has 1 atom stereocenters. The van der Waals surface area contributed by atoms with Gasteiger partial charge < -0.3 is 19.9 Å². The van der Waals surface area contributed by atoms with Crippen LogP contribution in [0.15, 0.2) is 4.99 Å². The van der Waals surface area contributed by atoms with Gasteiger partial charge in [-0.25, -0.2) is 4.79 Å². The summed E-state index contributed by atoms with van der Waals surface area (Å²) in [6, 6.07) is 0.166. The van der Waals surface area contributed by atoms with Crippen LogP contribution < -0.4 is 5.32 Å². The second-order valence-electron chi connectivity index (χ2n) is 9.49. The van der Waals surface area contributed by atoms with Crippen LogP contribution in [-0.4, -0.2) is 96.9 Å². The fraction of sp³-hybridized carbons (Fsp3) is 0.900. The minimum absolute atomic E-state index is 0.166. The molecule has 3 aliphatic rings. The Hall–Kier alpha value is -1.71. The van der Waals surface area contributed by atoms with Crippen molar-refractivity contribution >= 4 is 12.1 Å². The maximum Gasteiger partial charge on any atom is 0.410 e. The van der Waals surface area contributed by atoms with Crippen molar-refractivity contribution < 1.29 is 22.7 Å². The molecule has 3 aliphatic heterocycles. The molecular formula is C20H34F3N5O2. The Labute approximate surface area is 176 Å². The van der Waals surface area contributed by atoms with E-state index in [1.807, 2.05) is 20.8 Å². The van der Waals surface area contributed by atoms with Gasteiger partial charge in [-0.3, -0.25) is 9.89 Å². The molecule has 1 amide bonds. The molecule has 1 unspecified atom stereocenters. The van der Waals surface area contributed by atoms with Crippen LogP contribution in [-0.2, 0) is 4.74 Å². The first-order chi connectivity index (χ1) is 14.0. The van der Waals surface area contributed by atoms with Crippen LogP contribution in [0.5, 0.6) is 0 Å². The third-order valence-corrected chi connectivity index (χ3v) is 5.80. The summed E-state index contributed by atoms with van der Waals surface area (Å²) in [7, 11) is 0. The quantitative estimate of drug-likeness (QED) is 0.738. The molecule has 0 radical (unpaired) electrons. The van der Waals surface area contributed by atoms with Crippen molar-refractivity contribution in [3.63, 3.8) is 0 Å². The number of nitrogens with zero attached hydrogens (tertiary/aromatic N) is 4. The van der Waals surface area contributed by atoms with Crippen LogP contribution in [0.25, 0.3) is 0 Å². The Balaban J connectivity index is 1.35. The van der Waals surface area contributed by atoms with Crippen molar-refractivity contribution in [2.75, 3.05) is 52.4 Å². The third-order valence-electron chi connectivity index (χ3n) is 5.80. The smallest absolute Gasteiger partial charge is 0.410 e. The van der Waals surface area contributed by atoms with E-state index in [0.717, 1.165) is 31.8 Å². The number of hydrogen-bond donors (Lipinski definition) is 1. The van der Waals surface area contributed by atoms with Crippen LogP contribution in [0.3, 0.4) is 0 Å². The molecule has 0 saturated carbocycles. The van der Waals surface area contributed by atoms with Crippen LogP contribution in [0.1, 0.15) is 40.0 Å². The lowest BCUT2D eigenvalue weighted by Crippen LogP contribution is -2.57. The lowest BCUT2D eigenvalue weighted by molar-refractivity contribution is -0.148. The van der Waals surface area contributed by atoms with Gasteiger partial charge in [0.2, 0.25) is 0 Å². The predicted molar refractivity (Wildman–Crippen MR) is 108 cm³/mol. The van der Waals surface area contributed by atoms with Crippen LogP contribution in [0.4, 0.5) is 18.0 Å². The number of carbonyl (C=O) groups excluding carboxylic acids is 1. The maximum atomic E-state index is 12.5. The molecule has 3 heterocycles. The first kappa shape index (κ1) is 23.0. The molecule has 0 spiro atoms. The minimum Gasteiger partial charge on any atom is -0.444 e. The van der Waals surface area contributed by atoms with Gasteiger partial charge in [-0.15, -0.1) is 0 Å². The highest BCUT2D eigenvalue weighted by Crippen LogP contribution is 2.24. The summed E-state index contributed by atoms with van der Waals surface area (Å²) >= 11 is 0. The molecular weight excluding hydrogens is 399 g/mol. The van der Waals surface area contributed by atoms with E-state index in [4.69, 9.17) is 4.74 Å². The van der Waals surface area contributed by atoms with E-state index in [2.05, 4.69) is 15.2 Å². The zero-order chi connectivity index (χ0) is 21.9. The SMILES string of the molecule is CC(C)(C)OC(=O)N1CCN2C(NCCC3CCN(CC(F)(F)F)CC3)=NCC2C1. The fourth-order valence-corrected chi connectivity index (χ4v) is 4.30. The number of alkyl halides is 3. The molecule has 30 heavy (non-hydrogen) atoms. The van der Waals surface area contributed by atoms with E-state index in [1.165, 1.54) is 4.90 Å². The average Bonchev–Trinajstić information content (AvgIpc) is 3.03. The molecule has 172 valence electrons. The van der Waals surface area contributed by atoms with E-state index < -0.39 is 18.3 Å². The molecule has 0 aromatic carbocycles. The van der Waals surface area contributed by atoms with Crippen molar-refractivity contribution in [1.29, 1.82) is 0 Å². The Morgan fingerprint density at radius 1 is 1.17 bits per heavy atom. The van der Waals surface area contributed by atoms with Crippen LogP contribution in [0, 0.1) is 5.92 Å². The van der Waals surface area contributed by atoms with Gasteiger partial charge in [0.25, 0.3) is 0 Å². The fourth-order valence-electron chi connectivity index (χ4n) is 4.30. The monoisotopic (exact) mass is 433 g/mol. The zero-order valence-corrected chi connectivity index (χ0v) is 18.2. The number of aliphatic imine (C=N–C) groups is 1. The molecule has 7 nitrogen and oxygen atoms in total. The Morgan fingerprint density at radius 3 is 2.50 bits per heavy atom. The Kier molecular flexibility index (Phi) is 7.04. The maximum absolute atomic E-state index is 12.5. The largest absolute Gasteiger partial charge is 0.444 e. The summed E-state index contributed by atoms with van der Waals surface area (Å²) in [5.74, 6) is 1.32. The third kappa shape index (κ3) is 6.65. The highest BCUT2D eigenvalue weighted by Gasteiger charge is 2.36. The molecule has 0 aromatic rings. The lowest BCUT2D eigenvalue weighted by atomic mass is 9.93. The molecule has 0 aliphatic carbocycles. The number of fused-ring (bicyclic) bond motifs is 1. The molecule has 2 saturated heterocycles. The average molecular weight is 434 g/mol. The highest BCUT2D eigenvalue weighted by atomic mass is 19.4. The number of carbonyl (C=O) groups is 1. The Morgan fingerprint density at radius 2 is 1.87 bits per heavy atom. The minimum atomic E-state index is -4.11. The van der Waals surface area contributed by atoms with Gasteiger partial charge in [0, 0.05) is 26.2 Å². The van der Waals surface area contributed by atoms with E-state index in [1.54, 1.807) is 4.90 Å². The van der Waals surface area contributed by atoms with E-state index in [0.29, 0.717) is 45.2 Å². The number of ether oxygens (including phenoxy) is 1. The van der Waals surface area contributed by atoms with E-state index >= 15 is 0 Å². The number of hydrogen-bond acceptors (Lipinski definition) is 6. The Bertz CT molecular complexity index is 627. The number of halogens is 3. The molecule has 1 N–H and O–H groups in total. The van der Waals surface area contributed by atoms with Crippen molar-refractivity contribution in [2.24, 2.45) is 10.9 Å². The number of rotatable bonds is 4. The zero-order valence-electron chi connectivity index (χ0n) is 18.2. The van der Waals surface area contributed by atoms with Gasteiger partial charge in [0.15, 0.2) is 5.96 Å². The van der Waals surface area contributed by atoms with E-state index in [-0.39, 0.29) is 12.1 Å². The van der Waals surface area contributed by atoms with Gasteiger partial charge in [-0.1, -0.05) is 0 Å². The van der Waals surface area contributed by atoms with Crippen molar-refractivity contribution in [2.45, 2.75) is 57.9 Å². The highest BCUT2D eigenvalue weighted by molar-refractivity contribution is 5.82. The van der Waals surface area contributed by atoms with E-state index in [9.17, 15) is 18.0 Å². The first-order valence-electron chi connectivity index (χ1n) is 10.8. The van der Waals surface area contributed by atoms with Gasteiger partial charge in [0.05, 0.1) is 19.1 Å². The number of piperazine rings is 1. The first-order valence-corrected chi connectivity index (χ1v) is 10.8. The van der Waals surface area contributed by atoms with Crippen molar-refractivity contribution in [3.8, 4) is 0 Å². The number of guanidine groups is 1. The lowest BCUT2D eigenvalue weighted by Gasteiger charge is -2.39. The standard InChI is InChI=1S/C20H34F3N5O2/c1-19(2,3)30-18(29)27-10-11-28-16(13-27)12-25-17(28)24-7-4-15-5-8-26(9-6-15)14-20(21,22)23/h15-16H,4-14H2,1-3H3,(H,24,25). The summed E-state index contributed by atoms with van der Waals surface area (Å²) in [5, 5.41) is 3.41. The predicted octanol–water partition coefficient (Wildman–Crippen LogP) is 2.53. The summed E-state index contributed by atoms with van der Waals surface area (Å²) in [6.45, 7) is 9.15. The number of piperidine rings is 1. The second kappa shape index (κ2) is 9.20. The number of nitrogens with one attached hydrogen (secondary N) is 1.